The molecule has 3 aromatic rings. The molecular weight excluding hydrogens is 426 g/mol. The summed E-state index contributed by atoms with van der Waals surface area (Å²) in [6.07, 6.45) is 0. The van der Waals surface area contributed by atoms with Crippen molar-refractivity contribution < 1.29 is 22.6 Å². The number of hydrogen-bond acceptors (Lipinski definition) is 5. The minimum Gasteiger partial charge on any atom is -0.497 e. The monoisotopic (exact) mass is 447 g/mol. The highest BCUT2D eigenvalue weighted by atomic mass is 35.5. The van der Waals surface area contributed by atoms with E-state index >= 15 is 0 Å². The van der Waals surface area contributed by atoms with E-state index in [2.05, 4.69) is 0 Å². The first-order valence-corrected chi connectivity index (χ1v) is 10.8. The molecule has 0 heterocycles. The van der Waals surface area contributed by atoms with Crippen LogP contribution in [0.1, 0.15) is 5.56 Å². The summed E-state index contributed by atoms with van der Waals surface area (Å²) in [6.45, 7) is 0.0784. The van der Waals surface area contributed by atoms with Crippen molar-refractivity contribution in [2.45, 2.75) is 11.4 Å². The van der Waals surface area contributed by atoms with Gasteiger partial charge in [0.25, 0.3) is 10.0 Å². The fourth-order valence-electron chi connectivity index (χ4n) is 2.92. The molecule has 3 aromatic carbocycles. The Balaban J connectivity index is 2.14. The van der Waals surface area contributed by atoms with Crippen LogP contribution in [0.4, 0.5) is 5.69 Å². The van der Waals surface area contributed by atoms with E-state index in [0.29, 0.717) is 28.0 Å². The Bertz CT molecular complexity index is 1100. The number of sulfonamides is 1. The van der Waals surface area contributed by atoms with Gasteiger partial charge in [0.15, 0.2) is 0 Å². The number of nitrogens with zero attached hydrogens (tertiary/aromatic N) is 1. The Hall–Kier alpha value is -2.90. The molecule has 0 bridgehead atoms. The highest BCUT2D eigenvalue weighted by Gasteiger charge is 2.28. The molecule has 0 fully saturated rings. The Morgan fingerprint density at radius 1 is 0.800 bits per heavy atom. The predicted octanol–water partition coefficient (Wildman–Crippen LogP) is 4.76. The molecule has 0 amide bonds. The van der Waals surface area contributed by atoms with Crippen molar-refractivity contribution in [3.05, 3.63) is 77.3 Å². The molecule has 0 radical (unpaired) electrons. The molecule has 0 aromatic heterocycles. The lowest BCUT2D eigenvalue weighted by molar-refractivity contribution is 0.403. The van der Waals surface area contributed by atoms with Crippen LogP contribution in [0.5, 0.6) is 17.2 Å². The van der Waals surface area contributed by atoms with Gasteiger partial charge in [0.1, 0.15) is 17.2 Å². The third kappa shape index (κ3) is 4.63. The van der Waals surface area contributed by atoms with E-state index in [9.17, 15) is 8.42 Å². The van der Waals surface area contributed by atoms with E-state index in [1.54, 1.807) is 54.6 Å². The van der Waals surface area contributed by atoms with Crippen LogP contribution in [0, 0.1) is 0 Å². The lowest BCUT2D eigenvalue weighted by Crippen LogP contribution is -2.31. The van der Waals surface area contributed by atoms with Crippen molar-refractivity contribution in [1.29, 1.82) is 0 Å². The SMILES string of the molecule is COc1ccc(S(=O)(=O)N(Cc2ccc(Cl)cc2)c2cc(OC)ccc2OC)cc1. The summed E-state index contributed by atoms with van der Waals surface area (Å²) in [6, 6.07) is 18.3. The quantitative estimate of drug-likeness (QED) is 0.498. The first-order chi connectivity index (χ1) is 14.4. The van der Waals surface area contributed by atoms with Crippen LogP contribution in [0.2, 0.25) is 5.02 Å². The van der Waals surface area contributed by atoms with E-state index in [0.717, 1.165) is 5.56 Å². The van der Waals surface area contributed by atoms with Gasteiger partial charge in [0.2, 0.25) is 0 Å². The smallest absolute Gasteiger partial charge is 0.264 e. The average molecular weight is 448 g/mol. The molecule has 0 saturated carbocycles. The number of halogens is 1. The standard InChI is InChI=1S/C22H22ClNO5S/c1-27-18-8-11-20(12-9-18)30(25,26)24(15-16-4-6-17(23)7-5-16)21-14-19(28-2)10-13-22(21)29-3/h4-14H,15H2,1-3H3. The third-order valence-corrected chi connectivity index (χ3v) is 6.57. The molecule has 0 aliphatic carbocycles. The maximum atomic E-state index is 13.6. The molecule has 6 nitrogen and oxygen atoms in total. The van der Waals surface area contributed by atoms with E-state index in [1.807, 2.05) is 0 Å². The molecule has 158 valence electrons. The van der Waals surface area contributed by atoms with Gasteiger partial charge in [-0.1, -0.05) is 23.7 Å². The van der Waals surface area contributed by atoms with Crippen LogP contribution >= 0.6 is 11.6 Å². The van der Waals surface area contributed by atoms with Crippen molar-refractivity contribution in [2.75, 3.05) is 25.6 Å². The molecule has 3 rings (SSSR count). The zero-order valence-corrected chi connectivity index (χ0v) is 18.4. The fraction of sp³-hybridized carbons (Fsp3) is 0.182. The molecule has 0 saturated heterocycles. The Labute approximate surface area is 181 Å². The molecule has 8 heteroatoms. The number of rotatable bonds is 8. The van der Waals surface area contributed by atoms with Gasteiger partial charge in [-0.15, -0.1) is 0 Å². The summed E-state index contributed by atoms with van der Waals surface area (Å²) in [5, 5.41) is 0.572. The minimum atomic E-state index is -3.94. The zero-order chi connectivity index (χ0) is 21.7. The maximum absolute atomic E-state index is 13.6. The number of hydrogen-bond donors (Lipinski definition) is 0. The highest BCUT2D eigenvalue weighted by molar-refractivity contribution is 7.92. The van der Waals surface area contributed by atoms with Crippen molar-refractivity contribution in [1.82, 2.24) is 0 Å². The van der Waals surface area contributed by atoms with Crippen LogP contribution in [0.15, 0.2) is 71.6 Å². The number of ether oxygens (including phenoxy) is 3. The van der Waals surface area contributed by atoms with Gasteiger partial charge >= 0.3 is 0 Å². The van der Waals surface area contributed by atoms with Crippen LogP contribution < -0.4 is 18.5 Å². The van der Waals surface area contributed by atoms with Gasteiger partial charge in [-0.2, -0.15) is 0 Å². The summed E-state index contributed by atoms with van der Waals surface area (Å²) in [4.78, 5) is 0.127. The molecule has 0 atom stereocenters. The second kappa shape index (κ2) is 9.28. The van der Waals surface area contributed by atoms with Gasteiger partial charge in [-0.25, -0.2) is 8.42 Å². The zero-order valence-electron chi connectivity index (χ0n) is 16.8. The van der Waals surface area contributed by atoms with Crippen LogP contribution in [-0.4, -0.2) is 29.7 Å². The van der Waals surface area contributed by atoms with Crippen LogP contribution in [-0.2, 0) is 16.6 Å². The number of methoxy groups -OCH3 is 3. The normalized spacial score (nSPS) is 11.1. The largest absolute Gasteiger partial charge is 0.497 e. The summed E-state index contributed by atoms with van der Waals surface area (Å²) in [5.41, 5.74) is 1.13. The summed E-state index contributed by atoms with van der Waals surface area (Å²) < 4.78 is 44.5. The summed E-state index contributed by atoms with van der Waals surface area (Å²) in [7, 11) is 0.602. The van der Waals surface area contributed by atoms with E-state index in [1.165, 1.54) is 37.8 Å². The topological polar surface area (TPSA) is 65.1 Å². The van der Waals surface area contributed by atoms with Crippen molar-refractivity contribution >= 4 is 27.3 Å². The molecule has 0 aliphatic heterocycles. The van der Waals surface area contributed by atoms with Gasteiger partial charge in [0.05, 0.1) is 38.5 Å². The minimum absolute atomic E-state index is 0.0784. The van der Waals surface area contributed by atoms with E-state index in [-0.39, 0.29) is 11.4 Å². The molecular formula is C22H22ClNO5S. The molecule has 0 spiro atoms. The molecule has 0 aliphatic rings. The number of anilines is 1. The van der Waals surface area contributed by atoms with Crippen LogP contribution in [0.3, 0.4) is 0 Å². The highest BCUT2D eigenvalue weighted by Crippen LogP contribution is 2.37. The summed E-state index contributed by atoms with van der Waals surface area (Å²) in [5.74, 6) is 1.48. The first-order valence-electron chi connectivity index (χ1n) is 9.02. The molecule has 30 heavy (non-hydrogen) atoms. The van der Waals surface area contributed by atoms with Crippen molar-refractivity contribution in [3.63, 3.8) is 0 Å². The Morgan fingerprint density at radius 2 is 1.40 bits per heavy atom. The second-order valence-corrected chi connectivity index (χ2v) is 8.65. The van der Waals surface area contributed by atoms with Gasteiger partial charge in [-0.3, -0.25) is 4.31 Å². The van der Waals surface area contributed by atoms with Crippen molar-refractivity contribution in [2.24, 2.45) is 0 Å². The average Bonchev–Trinajstić information content (AvgIpc) is 2.78. The van der Waals surface area contributed by atoms with Crippen LogP contribution in [0.25, 0.3) is 0 Å². The van der Waals surface area contributed by atoms with E-state index < -0.39 is 10.0 Å². The van der Waals surface area contributed by atoms with Crippen molar-refractivity contribution in [3.8, 4) is 17.2 Å². The Morgan fingerprint density at radius 3 is 1.97 bits per heavy atom. The Kier molecular flexibility index (Phi) is 6.74. The van der Waals surface area contributed by atoms with Gasteiger partial charge in [-0.05, 0) is 54.1 Å². The second-order valence-electron chi connectivity index (χ2n) is 6.35. The lowest BCUT2D eigenvalue weighted by atomic mass is 10.2. The summed E-state index contributed by atoms with van der Waals surface area (Å²) >= 11 is 5.99. The molecule has 0 unspecified atom stereocenters. The number of benzene rings is 3. The lowest BCUT2D eigenvalue weighted by Gasteiger charge is -2.26. The predicted molar refractivity (Wildman–Crippen MR) is 117 cm³/mol. The third-order valence-electron chi connectivity index (χ3n) is 4.54. The van der Waals surface area contributed by atoms with Gasteiger partial charge in [0, 0.05) is 11.1 Å². The maximum Gasteiger partial charge on any atom is 0.264 e. The van der Waals surface area contributed by atoms with Gasteiger partial charge < -0.3 is 14.2 Å². The fourth-order valence-corrected chi connectivity index (χ4v) is 4.50. The first kappa shape index (κ1) is 21.8. The van der Waals surface area contributed by atoms with E-state index in [4.69, 9.17) is 25.8 Å². The molecule has 0 N–H and O–H groups in total.